The highest BCUT2D eigenvalue weighted by Gasteiger charge is 2.48. The Bertz CT molecular complexity index is 1850. The fourth-order valence-electron chi connectivity index (χ4n) is 5.19. The fourth-order valence-corrected chi connectivity index (χ4v) is 8.01. The Hall–Kier alpha value is -4.22. The number of carbonyl (C=O) groups is 5. The molecule has 4 unspecified atom stereocenters. The number of carbonyl (C=O) groups excluding carboxylic acids is 5. The second kappa shape index (κ2) is 17.5. The Labute approximate surface area is 317 Å². The number of hydroxylamine groups is 2. The summed E-state index contributed by atoms with van der Waals surface area (Å²) >= 11 is 5.86. The molecule has 6 atom stereocenters. The van der Waals surface area contributed by atoms with Crippen molar-refractivity contribution in [2.24, 2.45) is 5.41 Å². The number of hydrogen-bond donors (Lipinski definition) is 1. The zero-order chi connectivity index (χ0) is 40.0. The van der Waals surface area contributed by atoms with Gasteiger partial charge in [-0.25, -0.2) is 22.6 Å². The summed E-state index contributed by atoms with van der Waals surface area (Å²) in [7, 11) is -7.88. The molecule has 0 radical (unpaired) electrons. The van der Waals surface area contributed by atoms with E-state index >= 15 is 0 Å². The maximum absolute atomic E-state index is 13.8. The predicted molar refractivity (Wildman–Crippen MR) is 189 cm³/mol. The number of amides is 3. The minimum atomic E-state index is -4.03. The Morgan fingerprint density at radius 2 is 1.63 bits per heavy atom. The van der Waals surface area contributed by atoms with Gasteiger partial charge in [0.25, 0.3) is 11.8 Å². The molecular weight excluding hydrogens is 775 g/mol. The highest BCUT2D eigenvalue weighted by Crippen LogP contribution is 2.48. The molecule has 0 bridgehead atoms. The summed E-state index contributed by atoms with van der Waals surface area (Å²) in [5.41, 5.74) is -0.404. The average molecular weight is 817 g/mol. The number of nitrogens with one attached hydrogen (secondary N) is 1. The second-order valence-corrected chi connectivity index (χ2v) is 18.0. The molecular formula is C34H42ClN2O15PS. The largest absolute Gasteiger partial charge is 0.534 e. The molecule has 2 saturated heterocycles. The molecule has 2 heterocycles. The minimum Gasteiger partial charge on any atom is -0.462 e. The molecule has 2 aromatic rings. The maximum atomic E-state index is 13.8. The second-order valence-electron chi connectivity index (χ2n) is 13.6. The quantitative estimate of drug-likeness (QED) is 0.115. The van der Waals surface area contributed by atoms with Crippen molar-refractivity contribution in [1.29, 1.82) is 0 Å². The van der Waals surface area contributed by atoms with Crippen LogP contribution in [0.5, 0.6) is 5.75 Å². The Kier molecular flexibility index (Phi) is 13.8. The number of hydrogen-bond acceptors (Lipinski definition) is 15. The molecule has 2 aliphatic rings. The Morgan fingerprint density at radius 1 is 1.02 bits per heavy atom. The van der Waals surface area contributed by atoms with Crippen LogP contribution in [0.15, 0.2) is 53.4 Å². The van der Waals surface area contributed by atoms with E-state index in [0.717, 1.165) is 0 Å². The third-order valence-corrected chi connectivity index (χ3v) is 11.2. The molecule has 2 fully saturated rings. The number of rotatable bonds is 14. The first-order valence-electron chi connectivity index (χ1n) is 16.7. The predicted octanol–water partition coefficient (Wildman–Crippen LogP) is 4.98. The summed E-state index contributed by atoms with van der Waals surface area (Å²) in [5, 5.41) is 3.31. The van der Waals surface area contributed by atoms with Gasteiger partial charge in [0.15, 0.2) is 9.84 Å². The molecule has 0 saturated carbocycles. The van der Waals surface area contributed by atoms with Crippen molar-refractivity contribution in [3.05, 3.63) is 59.1 Å². The molecule has 0 aromatic heterocycles. The summed E-state index contributed by atoms with van der Waals surface area (Å²) in [6.45, 7) is 8.54. The number of nitrogens with zero attached hydrogens (tertiary/aromatic N) is 1. The van der Waals surface area contributed by atoms with Crippen molar-refractivity contribution in [2.75, 3.05) is 19.0 Å². The summed E-state index contributed by atoms with van der Waals surface area (Å²) < 4.78 is 72.8. The molecule has 0 spiro atoms. The van der Waals surface area contributed by atoms with Gasteiger partial charge in [0.1, 0.15) is 37.3 Å². The van der Waals surface area contributed by atoms with E-state index in [1.807, 2.05) is 0 Å². The smallest absolute Gasteiger partial charge is 0.462 e. The maximum Gasteiger partial charge on any atom is 0.534 e. The van der Waals surface area contributed by atoms with Crippen molar-refractivity contribution in [3.8, 4) is 5.75 Å². The van der Waals surface area contributed by atoms with Crippen LogP contribution in [0.25, 0.3) is 0 Å². The Balaban J connectivity index is 1.40. The molecule has 17 nitrogen and oxygen atoms in total. The van der Waals surface area contributed by atoms with Crippen LogP contribution in [0, 0.1) is 5.41 Å². The Morgan fingerprint density at radius 3 is 2.22 bits per heavy atom. The van der Waals surface area contributed by atoms with E-state index in [4.69, 9.17) is 39.6 Å². The lowest BCUT2D eigenvalue weighted by Gasteiger charge is -2.28. The SMILES string of the molecule is CC(CS(=O)(=O)c1ccc(Cl)cc1)OC(=O)NC1C(OP(C)(=O)Oc2ccc(COC(=O)ON3C(=O)CCC3=O)cc2)[C@@H](COC(=O)C(C)(C)C)O[C@H]1C. The van der Waals surface area contributed by atoms with E-state index in [-0.39, 0.29) is 36.7 Å². The average Bonchev–Trinajstić information content (AvgIpc) is 3.53. The van der Waals surface area contributed by atoms with Crippen LogP contribution in [0.3, 0.4) is 0 Å². The van der Waals surface area contributed by atoms with Gasteiger partial charge in [-0.1, -0.05) is 28.8 Å². The molecule has 2 aliphatic heterocycles. The van der Waals surface area contributed by atoms with Gasteiger partial charge in [-0.3, -0.25) is 23.7 Å². The van der Waals surface area contributed by atoms with Gasteiger partial charge in [-0.05, 0) is 76.6 Å². The van der Waals surface area contributed by atoms with Crippen LogP contribution in [-0.2, 0) is 63.7 Å². The molecule has 20 heteroatoms. The van der Waals surface area contributed by atoms with Crippen molar-refractivity contribution in [1.82, 2.24) is 10.4 Å². The number of ether oxygens (including phenoxy) is 4. The van der Waals surface area contributed by atoms with Crippen LogP contribution >= 0.6 is 19.2 Å². The fraction of sp³-hybridized carbons (Fsp3) is 0.500. The van der Waals surface area contributed by atoms with Crippen LogP contribution in [0.1, 0.15) is 53.0 Å². The van der Waals surface area contributed by atoms with Crippen molar-refractivity contribution >= 4 is 59.1 Å². The van der Waals surface area contributed by atoms with Gasteiger partial charge in [0.05, 0.1) is 28.2 Å². The van der Waals surface area contributed by atoms with Gasteiger partial charge in [0, 0.05) is 24.5 Å². The summed E-state index contributed by atoms with van der Waals surface area (Å²) in [5.74, 6) is -2.30. The number of esters is 1. The lowest BCUT2D eigenvalue weighted by molar-refractivity contribution is -0.177. The number of alkyl carbamates (subject to hydrolysis) is 1. The third kappa shape index (κ3) is 11.9. The zero-order valence-electron chi connectivity index (χ0n) is 30.3. The van der Waals surface area contributed by atoms with Crippen molar-refractivity contribution in [2.45, 2.75) is 89.4 Å². The standard InChI is InChI=1S/C34H42ClN2O15PS/c1-20(19-54(44,45)25-13-9-23(35)10-14-25)48-32(41)36-29-21(2)49-26(18-46-31(40)34(3,4)5)30(29)52-53(6,43)51-24-11-7-22(8-12-24)17-47-33(42)50-37-27(38)15-16-28(37)39/h7-14,20-21,26,29-30H,15-19H2,1-6H3,(H,36,41)/t20?,21-,26+,29?,30?,53?/m0/s1. The van der Waals surface area contributed by atoms with Gasteiger partial charge in [-0.2, -0.15) is 0 Å². The van der Waals surface area contributed by atoms with E-state index in [1.165, 1.54) is 62.1 Å². The third-order valence-electron chi connectivity index (χ3n) is 7.86. The first kappa shape index (κ1) is 42.5. The van der Waals surface area contributed by atoms with Crippen LogP contribution in [0.4, 0.5) is 9.59 Å². The highest BCUT2D eigenvalue weighted by molar-refractivity contribution is 7.91. The molecule has 0 aliphatic carbocycles. The van der Waals surface area contributed by atoms with Crippen LogP contribution in [0.2, 0.25) is 5.02 Å². The number of sulfone groups is 1. The lowest BCUT2D eigenvalue weighted by Crippen LogP contribution is -2.49. The van der Waals surface area contributed by atoms with E-state index in [0.29, 0.717) is 15.6 Å². The highest BCUT2D eigenvalue weighted by atomic mass is 35.5. The summed E-state index contributed by atoms with van der Waals surface area (Å²) in [6.07, 6.45) is -6.53. The lowest BCUT2D eigenvalue weighted by atomic mass is 9.97. The summed E-state index contributed by atoms with van der Waals surface area (Å²) in [4.78, 5) is 65.5. The van der Waals surface area contributed by atoms with Gasteiger partial charge >= 0.3 is 25.8 Å². The van der Waals surface area contributed by atoms with Gasteiger partial charge in [-0.15, -0.1) is 0 Å². The number of halogens is 1. The van der Waals surface area contributed by atoms with Crippen LogP contribution < -0.4 is 9.84 Å². The first-order valence-corrected chi connectivity index (χ1v) is 20.7. The first-order chi connectivity index (χ1) is 25.1. The van der Waals surface area contributed by atoms with E-state index in [2.05, 4.69) is 10.2 Å². The molecule has 3 amide bonds. The van der Waals surface area contributed by atoms with Crippen molar-refractivity contribution in [3.63, 3.8) is 0 Å². The minimum absolute atomic E-state index is 0.00143. The van der Waals surface area contributed by atoms with E-state index in [1.54, 1.807) is 27.7 Å². The molecule has 54 heavy (non-hydrogen) atoms. The zero-order valence-corrected chi connectivity index (χ0v) is 32.8. The van der Waals surface area contributed by atoms with Crippen LogP contribution in [-0.4, -0.2) is 93.0 Å². The monoisotopic (exact) mass is 816 g/mol. The summed E-state index contributed by atoms with van der Waals surface area (Å²) in [6, 6.07) is 10.3. The number of imide groups is 1. The molecule has 296 valence electrons. The van der Waals surface area contributed by atoms with E-state index in [9.17, 15) is 37.0 Å². The molecule has 1 N–H and O–H groups in total. The normalized spacial score (nSPS) is 21.9. The number of benzene rings is 2. The molecule has 2 aromatic carbocycles. The van der Waals surface area contributed by atoms with Gasteiger partial charge < -0.3 is 28.8 Å². The van der Waals surface area contributed by atoms with Gasteiger partial charge in [0.2, 0.25) is 0 Å². The van der Waals surface area contributed by atoms with Crippen molar-refractivity contribution < 1.29 is 69.8 Å². The molecule has 4 rings (SSSR count). The topological polar surface area (TPSA) is 216 Å². The van der Waals surface area contributed by atoms with E-state index < -0.39 is 89.1 Å².